The van der Waals surface area contributed by atoms with Gasteiger partial charge in [0.15, 0.2) is 0 Å². The predicted octanol–water partition coefficient (Wildman–Crippen LogP) is 3.16. The zero-order chi connectivity index (χ0) is 12.8. The van der Waals surface area contributed by atoms with Crippen molar-refractivity contribution in [1.29, 1.82) is 0 Å². The minimum absolute atomic E-state index is 0.0635. The number of nitrogens with one attached hydrogen (secondary N) is 1. The van der Waals surface area contributed by atoms with Gasteiger partial charge in [0.05, 0.1) is 6.04 Å². The Morgan fingerprint density at radius 3 is 2.11 bits per heavy atom. The molecule has 0 aliphatic rings. The first kappa shape index (κ1) is 12.6. The van der Waals surface area contributed by atoms with Crippen LogP contribution in [0.3, 0.4) is 0 Å². The summed E-state index contributed by atoms with van der Waals surface area (Å²) < 4.78 is 0. The maximum absolute atomic E-state index is 9.74. The molecule has 3 nitrogen and oxygen atoms in total. The number of para-hydroxylation sites is 1. The lowest BCUT2D eigenvalue weighted by atomic mass is 10.1. The minimum Gasteiger partial charge on any atom is -0.383 e. The Balaban J connectivity index is 2.04. The number of likely N-dealkylation sites (N-methyl/N-ethyl adjacent to an activating group) is 1. The molecule has 94 valence electrons. The normalized spacial score (nSPS) is 12.4. The van der Waals surface area contributed by atoms with Crippen LogP contribution in [0.15, 0.2) is 60.7 Å². The molecule has 0 aliphatic heterocycles. The van der Waals surface area contributed by atoms with Crippen LogP contribution in [0.1, 0.15) is 11.6 Å². The fourth-order valence-electron chi connectivity index (χ4n) is 1.91. The first-order chi connectivity index (χ1) is 8.77. The molecule has 18 heavy (non-hydrogen) atoms. The van der Waals surface area contributed by atoms with Crippen molar-refractivity contribution in [3.05, 3.63) is 66.2 Å². The Bertz CT molecular complexity index is 456. The van der Waals surface area contributed by atoms with Crippen LogP contribution in [0.4, 0.5) is 5.69 Å². The number of hydrogen-bond acceptors (Lipinski definition) is 3. The number of benzene rings is 2. The monoisotopic (exact) mass is 242 g/mol. The minimum atomic E-state index is -0.0635. The molecule has 0 radical (unpaired) electrons. The number of anilines is 1. The fourth-order valence-corrected chi connectivity index (χ4v) is 1.91. The van der Waals surface area contributed by atoms with Crippen LogP contribution in [-0.4, -0.2) is 23.9 Å². The molecule has 2 rings (SSSR count). The van der Waals surface area contributed by atoms with Gasteiger partial charge in [0.25, 0.3) is 0 Å². The first-order valence-electron chi connectivity index (χ1n) is 6.03. The quantitative estimate of drug-likeness (QED) is 0.791. The van der Waals surface area contributed by atoms with Crippen molar-refractivity contribution in [2.45, 2.75) is 6.04 Å². The van der Waals surface area contributed by atoms with Crippen LogP contribution < -0.4 is 5.32 Å². The average molecular weight is 242 g/mol. The van der Waals surface area contributed by atoms with Gasteiger partial charge < -0.3 is 10.5 Å². The summed E-state index contributed by atoms with van der Waals surface area (Å²) in [6.07, 6.45) is 0. The molecule has 0 spiro atoms. The summed E-state index contributed by atoms with van der Waals surface area (Å²) in [6, 6.07) is 19.9. The molecule has 0 saturated heterocycles. The van der Waals surface area contributed by atoms with E-state index in [2.05, 4.69) is 5.32 Å². The summed E-state index contributed by atoms with van der Waals surface area (Å²) in [6.45, 7) is 0.654. The average Bonchev–Trinajstić information content (AvgIpc) is 2.41. The molecule has 2 aromatic rings. The lowest BCUT2D eigenvalue weighted by Crippen LogP contribution is -2.27. The van der Waals surface area contributed by atoms with Crippen molar-refractivity contribution >= 4 is 5.69 Å². The molecule has 3 heteroatoms. The van der Waals surface area contributed by atoms with Crippen molar-refractivity contribution in [2.75, 3.05) is 18.9 Å². The van der Waals surface area contributed by atoms with Crippen LogP contribution in [0.25, 0.3) is 0 Å². The van der Waals surface area contributed by atoms with Gasteiger partial charge in [-0.1, -0.05) is 48.5 Å². The van der Waals surface area contributed by atoms with Gasteiger partial charge in [-0.3, -0.25) is 0 Å². The SMILES string of the molecule is CN(O)C(CNc1ccccc1)c1ccccc1. The molecule has 2 aromatic carbocycles. The summed E-state index contributed by atoms with van der Waals surface area (Å²) in [5, 5.41) is 14.3. The highest BCUT2D eigenvalue weighted by Crippen LogP contribution is 2.18. The Hall–Kier alpha value is -1.84. The molecule has 1 unspecified atom stereocenters. The van der Waals surface area contributed by atoms with Crippen molar-refractivity contribution in [1.82, 2.24) is 5.06 Å². The Morgan fingerprint density at radius 2 is 1.56 bits per heavy atom. The topological polar surface area (TPSA) is 35.5 Å². The van der Waals surface area contributed by atoms with Gasteiger partial charge in [-0.05, 0) is 17.7 Å². The van der Waals surface area contributed by atoms with Crippen molar-refractivity contribution in [3.8, 4) is 0 Å². The smallest absolute Gasteiger partial charge is 0.0768 e. The molecule has 0 bridgehead atoms. The summed E-state index contributed by atoms with van der Waals surface area (Å²) in [5.41, 5.74) is 2.14. The molecule has 0 fully saturated rings. The van der Waals surface area contributed by atoms with Crippen LogP contribution in [0.2, 0.25) is 0 Å². The highest BCUT2D eigenvalue weighted by atomic mass is 16.5. The highest BCUT2D eigenvalue weighted by Gasteiger charge is 2.14. The third kappa shape index (κ3) is 3.32. The van der Waals surface area contributed by atoms with E-state index in [9.17, 15) is 5.21 Å². The van der Waals surface area contributed by atoms with Crippen molar-refractivity contribution in [2.24, 2.45) is 0 Å². The first-order valence-corrected chi connectivity index (χ1v) is 6.03. The molecule has 0 saturated carbocycles. The fraction of sp³-hybridized carbons (Fsp3) is 0.200. The van der Waals surface area contributed by atoms with Gasteiger partial charge in [-0.2, -0.15) is 5.06 Å². The lowest BCUT2D eigenvalue weighted by molar-refractivity contribution is -0.0999. The van der Waals surface area contributed by atoms with E-state index < -0.39 is 0 Å². The van der Waals surface area contributed by atoms with Gasteiger partial charge in [0.1, 0.15) is 0 Å². The van der Waals surface area contributed by atoms with Gasteiger partial charge in [0.2, 0.25) is 0 Å². The number of hydrogen-bond donors (Lipinski definition) is 2. The summed E-state index contributed by atoms with van der Waals surface area (Å²) in [4.78, 5) is 0. The number of nitrogens with zero attached hydrogens (tertiary/aromatic N) is 1. The standard InChI is InChI=1S/C15H18N2O/c1-17(18)15(13-8-4-2-5-9-13)12-16-14-10-6-3-7-11-14/h2-11,15-16,18H,12H2,1H3. The maximum Gasteiger partial charge on any atom is 0.0768 e. The number of hydroxylamine groups is 2. The zero-order valence-electron chi connectivity index (χ0n) is 10.5. The van der Waals surface area contributed by atoms with Gasteiger partial charge >= 0.3 is 0 Å². The maximum atomic E-state index is 9.74. The van der Waals surface area contributed by atoms with E-state index in [0.29, 0.717) is 6.54 Å². The van der Waals surface area contributed by atoms with Gasteiger partial charge in [-0.15, -0.1) is 0 Å². The van der Waals surface area contributed by atoms with E-state index in [4.69, 9.17) is 0 Å². The van der Waals surface area contributed by atoms with Crippen LogP contribution in [0, 0.1) is 0 Å². The lowest BCUT2D eigenvalue weighted by Gasteiger charge is -2.23. The highest BCUT2D eigenvalue weighted by molar-refractivity contribution is 5.42. The second kappa shape index (κ2) is 6.19. The van der Waals surface area contributed by atoms with Crippen molar-refractivity contribution in [3.63, 3.8) is 0 Å². The summed E-state index contributed by atoms with van der Waals surface area (Å²) in [7, 11) is 1.67. The Kier molecular flexibility index (Phi) is 4.34. The summed E-state index contributed by atoms with van der Waals surface area (Å²) >= 11 is 0. The molecule has 2 N–H and O–H groups in total. The molecular formula is C15H18N2O. The van der Waals surface area contributed by atoms with E-state index in [-0.39, 0.29) is 6.04 Å². The Morgan fingerprint density at radius 1 is 1.00 bits per heavy atom. The second-order valence-corrected chi connectivity index (χ2v) is 4.25. The van der Waals surface area contributed by atoms with Crippen molar-refractivity contribution < 1.29 is 5.21 Å². The molecular weight excluding hydrogens is 224 g/mol. The third-order valence-corrected chi connectivity index (χ3v) is 2.91. The van der Waals surface area contributed by atoms with E-state index in [1.807, 2.05) is 60.7 Å². The van der Waals surface area contributed by atoms with E-state index in [1.165, 1.54) is 5.06 Å². The molecule has 0 amide bonds. The molecule has 0 heterocycles. The van der Waals surface area contributed by atoms with Gasteiger partial charge in [-0.25, -0.2) is 0 Å². The molecule has 0 aliphatic carbocycles. The third-order valence-electron chi connectivity index (χ3n) is 2.91. The van der Waals surface area contributed by atoms with Crippen LogP contribution in [-0.2, 0) is 0 Å². The van der Waals surface area contributed by atoms with E-state index >= 15 is 0 Å². The number of rotatable bonds is 5. The van der Waals surface area contributed by atoms with E-state index in [1.54, 1.807) is 7.05 Å². The predicted molar refractivity (Wildman–Crippen MR) is 73.7 cm³/mol. The molecule has 0 aromatic heterocycles. The Labute approximate surface area is 108 Å². The largest absolute Gasteiger partial charge is 0.383 e. The van der Waals surface area contributed by atoms with Crippen LogP contribution in [0.5, 0.6) is 0 Å². The van der Waals surface area contributed by atoms with Gasteiger partial charge in [0, 0.05) is 19.3 Å². The van der Waals surface area contributed by atoms with E-state index in [0.717, 1.165) is 11.3 Å². The second-order valence-electron chi connectivity index (χ2n) is 4.25. The zero-order valence-corrected chi connectivity index (χ0v) is 10.5. The van der Waals surface area contributed by atoms with Crippen LogP contribution >= 0.6 is 0 Å². The molecule has 1 atom stereocenters. The summed E-state index contributed by atoms with van der Waals surface area (Å²) in [5.74, 6) is 0.